The highest BCUT2D eigenvalue weighted by atomic mass is 32.2. The van der Waals surface area contributed by atoms with Crippen molar-refractivity contribution in [3.05, 3.63) is 59.7 Å². The predicted molar refractivity (Wildman–Crippen MR) is 97.9 cm³/mol. The van der Waals surface area contributed by atoms with E-state index in [4.69, 9.17) is 0 Å². The van der Waals surface area contributed by atoms with Crippen LogP contribution in [0.15, 0.2) is 47.4 Å². The van der Waals surface area contributed by atoms with Crippen LogP contribution in [0.2, 0.25) is 0 Å². The quantitative estimate of drug-likeness (QED) is 0.809. The second kappa shape index (κ2) is 8.14. The van der Waals surface area contributed by atoms with E-state index in [9.17, 15) is 22.0 Å². The van der Waals surface area contributed by atoms with Crippen molar-refractivity contribution in [3.8, 4) is 0 Å². The van der Waals surface area contributed by atoms with Crippen LogP contribution in [-0.2, 0) is 10.0 Å². The number of nitrogens with one attached hydrogen (secondary N) is 2. The van der Waals surface area contributed by atoms with E-state index in [1.54, 1.807) is 0 Å². The fourth-order valence-corrected chi connectivity index (χ4v) is 4.37. The highest BCUT2D eigenvalue weighted by Gasteiger charge is 2.21. The lowest BCUT2D eigenvalue weighted by molar-refractivity contribution is 0.102. The van der Waals surface area contributed by atoms with Gasteiger partial charge in [0.1, 0.15) is 0 Å². The molecule has 2 aromatic carbocycles. The first-order valence-corrected chi connectivity index (χ1v) is 10.2. The van der Waals surface area contributed by atoms with Crippen LogP contribution in [0.4, 0.5) is 14.5 Å². The van der Waals surface area contributed by atoms with Crippen molar-refractivity contribution < 1.29 is 22.0 Å². The third-order valence-corrected chi connectivity index (χ3v) is 6.07. The van der Waals surface area contributed by atoms with Crippen molar-refractivity contribution in [3.63, 3.8) is 0 Å². The van der Waals surface area contributed by atoms with Gasteiger partial charge in [0.25, 0.3) is 5.91 Å². The zero-order valence-electron chi connectivity index (χ0n) is 14.5. The van der Waals surface area contributed by atoms with Crippen LogP contribution < -0.4 is 10.0 Å². The van der Waals surface area contributed by atoms with Gasteiger partial charge in [0, 0.05) is 17.3 Å². The third kappa shape index (κ3) is 4.90. The van der Waals surface area contributed by atoms with Gasteiger partial charge in [-0.25, -0.2) is 21.9 Å². The molecular formula is C19H20F2N2O3S. The minimum Gasteiger partial charge on any atom is -0.322 e. The van der Waals surface area contributed by atoms with Crippen molar-refractivity contribution in [1.29, 1.82) is 0 Å². The maximum atomic E-state index is 13.2. The van der Waals surface area contributed by atoms with Crippen molar-refractivity contribution in [2.24, 2.45) is 0 Å². The summed E-state index contributed by atoms with van der Waals surface area (Å²) in [5, 5.41) is 2.52. The molecule has 2 aromatic rings. The molecule has 0 unspecified atom stereocenters. The Labute approximate surface area is 156 Å². The summed E-state index contributed by atoms with van der Waals surface area (Å²) in [7, 11) is -3.62. The summed E-state index contributed by atoms with van der Waals surface area (Å²) in [6.07, 6.45) is 4.83. The van der Waals surface area contributed by atoms with Crippen molar-refractivity contribution in [2.75, 3.05) is 5.32 Å². The van der Waals surface area contributed by atoms with Gasteiger partial charge in [0.05, 0.1) is 4.90 Å². The maximum absolute atomic E-state index is 13.2. The van der Waals surface area contributed by atoms with Crippen LogP contribution >= 0.6 is 0 Å². The smallest absolute Gasteiger partial charge is 0.255 e. The Hall–Kier alpha value is -2.32. The molecule has 1 amide bonds. The molecule has 0 saturated heterocycles. The summed E-state index contributed by atoms with van der Waals surface area (Å²) in [6.45, 7) is 0. The van der Waals surface area contributed by atoms with Gasteiger partial charge in [-0.3, -0.25) is 4.79 Å². The van der Waals surface area contributed by atoms with Gasteiger partial charge in [-0.1, -0.05) is 19.3 Å². The SMILES string of the molecule is O=C(Nc1ccc(S(=O)(=O)NC2CCCCC2)cc1)c1ccc(F)c(F)c1. The molecule has 0 radical (unpaired) electrons. The third-order valence-electron chi connectivity index (χ3n) is 4.53. The van der Waals surface area contributed by atoms with Crippen molar-refractivity contribution in [2.45, 2.75) is 43.0 Å². The van der Waals surface area contributed by atoms with E-state index in [-0.39, 0.29) is 16.5 Å². The summed E-state index contributed by atoms with van der Waals surface area (Å²) in [4.78, 5) is 12.2. The summed E-state index contributed by atoms with van der Waals surface area (Å²) in [6, 6.07) is 8.49. The number of amides is 1. The number of hydrogen-bond donors (Lipinski definition) is 2. The van der Waals surface area contributed by atoms with Gasteiger partial charge in [-0.15, -0.1) is 0 Å². The lowest BCUT2D eigenvalue weighted by Gasteiger charge is -2.22. The van der Waals surface area contributed by atoms with E-state index in [1.807, 2.05) is 0 Å². The molecule has 1 saturated carbocycles. The highest BCUT2D eigenvalue weighted by Crippen LogP contribution is 2.21. The molecule has 3 rings (SSSR count). The van der Waals surface area contributed by atoms with E-state index in [2.05, 4.69) is 10.0 Å². The van der Waals surface area contributed by atoms with Gasteiger partial charge in [0.15, 0.2) is 11.6 Å². The monoisotopic (exact) mass is 394 g/mol. The molecule has 0 bridgehead atoms. The molecule has 2 N–H and O–H groups in total. The molecule has 5 nitrogen and oxygen atoms in total. The lowest BCUT2D eigenvalue weighted by atomic mass is 9.96. The van der Waals surface area contributed by atoms with Crippen LogP contribution in [0, 0.1) is 11.6 Å². The molecule has 0 spiro atoms. The molecule has 1 aliphatic rings. The van der Waals surface area contributed by atoms with E-state index in [1.165, 1.54) is 30.3 Å². The second-order valence-electron chi connectivity index (χ2n) is 6.56. The van der Waals surface area contributed by atoms with E-state index >= 15 is 0 Å². The lowest BCUT2D eigenvalue weighted by Crippen LogP contribution is -2.36. The summed E-state index contributed by atoms with van der Waals surface area (Å²) < 4.78 is 53.8. The Morgan fingerprint density at radius 1 is 0.926 bits per heavy atom. The first-order valence-electron chi connectivity index (χ1n) is 8.74. The van der Waals surface area contributed by atoms with Crippen LogP contribution in [0.5, 0.6) is 0 Å². The van der Waals surface area contributed by atoms with Crippen LogP contribution in [0.25, 0.3) is 0 Å². The van der Waals surface area contributed by atoms with Gasteiger partial charge >= 0.3 is 0 Å². The molecule has 0 aliphatic heterocycles. The Morgan fingerprint density at radius 3 is 2.22 bits per heavy atom. The van der Waals surface area contributed by atoms with E-state index < -0.39 is 27.6 Å². The molecule has 27 heavy (non-hydrogen) atoms. The van der Waals surface area contributed by atoms with Gasteiger partial charge < -0.3 is 5.32 Å². The fourth-order valence-electron chi connectivity index (χ4n) is 3.07. The Bertz CT molecular complexity index is 924. The summed E-state index contributed by atoms with van der Waals surface area (Å²) in [5.74, 6) is -2.77. The average Bonchev–Trinajstić information content (AvgIpc) is 2.65. The maximum Gasteiger partial charge on any atom is 0.255 e. The molecular weight excluding hydrogens is 374 g/mol. The molecule has 1 aliphatic carbocycles. The zero-order chi connectivity index (χ0) is 19.4. The number of halogens is 2. The first-order chi connectivity index (χ1) is 12.8. The van der Waals surface area contributed by atoms with Gasteiger partial charge in [-0.05, 0) is 55.3 Å². The van der Waals surface area contributed by atoms with Gasteiger partial charge in [0.2, 0.25) is 10.0 Å². The number of carbonyl (C=O) groups excluding carboxylic acids is 1. The minimum atomic E-state index is -3.62. The summed E-state index contributed by atoms with van der Waals surface area (Å²) in [5.41, 5.74) is 0.311. The zero-order valence-corrected chi connectivity index (χ0v) is 15.4. The molecule has 0 atom stereocenters. The Balaban J connectivity index is 1.67. The molecule has 8 heteroatoms. The fraction of sp³-hybridized carbons (Fsp3) is 0.316. The number of sulfonamides is 1. The first kappa shape index (κ1) is 19.4. The van der Waals surface area contributed by atoms with Crippen LogP contribution in [-0.4, -0.2) is 20.4 Å². The van der Waals surface area contributed by atoms with Crippen molar-refractivity contribution in [1.82, 2.24) is 4.72 Å². The molecule has 0 aromatic heterocycles. The van der Waals surface area contributed by atoms with Crippen LogP contribution in [0.1, 0.15) is 42.5 Å². The number of benzene rings is 2. The van der Waals surface area contributed by atoms with E-state index in [0.717, 1.165) is 44.2 Å². The molecule has 144 valence electrons. The van der Waals surface area contributed by atoms with E-state index in [0.29, 0.717) is 5.69 Å². The van der Waals surface area contributed by atoms with Crippen molar-refractivity contribution >= 4 is 21.6 Å². The van der Waals surface area contributed by atoms with Gasteiger partial charge in [-0.2, -0.15) is 0 Å². The predicted octanol–water partition coefficient (Wildman–Crippen LogP) is 3.83. The highest BCUT2D eigenvalue weighted by molar-refractivity contribution is 7.89. The number of rotatable bonds is 5. The molecule has 1 fully saturated rings. The van der Waals surface area contributed by atoms with Crippen LogP contribution in [0.3, 0.4) is 0 Å². The Morgan fingerprint density at radius 2 is 1.59 bits per heavy atom. The standard InChI is InChI=1S/C19H20F2N2O3S/c20-17-11-6-13(12-18(17)21)19(24)22-14-7-9-16(10-8-14)27(25,26)23-15-4-2-1-3-5-15/h6-12,15,23H,1-5H2,(H,22,24). The normalized spacial score (nSPS) is 15.5. The Kier molecular flexibility index (Phi) is 5.86. The summed E-state index contributed by atoms with van der Waals surface area (Å²) >= 11 is 0. The minimum absolute atomic E-state index is 0.0374. The second-order valence-corrected chi connectivity index (χ2v) is 8.28. The number of hydrogen-bond acceptors (Lipinski definition) is 3. The molecule has 0 heterocycles. The number of carbonyl (C=O) groups is 1. The number of anilines is 1. The average molecular weight is 394 g/mol. The largest absolute Gasteiger partial charge is 0.322 e. The topological polar surface area (TPSA) is 75.3 Å².